The van der Waals surface area contributed by atoms with Crippen molar-refractivity contribution in [2.24, 2.45) is 5.73 Å². The molecule has 0 radical (unpaired) electrons. The van der Waals surface area contributed by atoms with E-state index < -0.39 is 0 Å². The van der Waals surface area contributed by atoms with E-state index in [1.165, 1.54) is 0 Å². The molecule has 0 aliphatic rings. The molecule has 0 aromatic heterocycles. The Hall–Kier alpha value is -1.39. The molecular formula is C15H24N2O2. The van der Waals surface area contributed by atoms with Gasteiger partial charge in [-0.05, 0) is 25.3 Å². The Morgan fingerprint density at radius 1 is 1.37 bits per heavy atom. The highest BCUT2D eigenvalue weighted by Crippen LogP contribution is 2.14. The fourth-order valence-corrected chi connectivity index (χ4v) is 1.79. The van der Waals surface area contributed by atoms with Crippen molar-refractivity contribution in [2.45, 2.75) is 32.2 Å². The summed E-state index contributed by atoms with van der Waals surface area (Å²) in [5.74, 6) is 0.0582. The molecule has 1 rings (SSSR count). The number of nitrogens with two attached hydrogens (primary N) is 1. The van der Waals surface area contributed by atoms with Crippen LogP contribution in [-0.2, 0) is 9.53 Å². The largest absolute Gasteiger partial charge is 0.382 e. The molecule has 0 heterocycles. The van der Waals surface area contributed by atoms with Gasteiger partial charge in [0.2, 0.25) is 5.91 Å². The van der Waals surface area contributed by atoms with Gasteiger partial charge in [0.1, 0.15) is 0 Å². The van der Waals surface area contributed by atoms with Gasteiger partial charge in [-0.2, -0.15) is 0 Å². The molecule has 4 heteroatoms. The smallest absolute Gasteiger partial charge is 0.220 e. The number of carbonyl (C=O) groups is 1. The molecular weight excluding hydrogens is 240 g/mol. The number of hydrogen-bond acceptors (Lipinski definition) is 3. The number of benzene rings is 1. The SMILES string of the molecule is CCOCCCNC(=O)CCC(N)c1ccccc1. The van der Waals surface area contributed by atoms with Crippen LogP contribution in [0, 0.1) is 0 Å². The third-order valence-electron chi connectivity index (χ3n) is 2.90. The van der Waals surface area contributed by atoms with Crippen LogP contribution in [0.2, 0.25) is 0 Å². The molecule has 0 saturated heterocycles. The highest BCUT2D eigenvalue weighted by molar-refractivity contribution is 5.75. The summed E-state index contributed by atoms with van der Waals surface area (Å²) >= 11 is 0. The third-order valence-corrected chi connectivity index (χ3v) is 2.90. The van der Waals surface area contributed by atoms with Gasteiger partial charge < -0.3 is 15.8 Å². The maximum atomic E-state index is 11.6. The van der Waals surface area contributed by atoms with Crippen molar-refractivity contribution in [1.82, 2.24) is 5.32 Å². The Morgan fingerprint density at radius 3 is 2.79 bits per heavy atom. The Labute approximate surface area is 115 Å². The van der Waals surface area contributed by atoms with Gasteiger partial charge in [-0.15, -0.1) is 0 Å². The molecule has 0 fully saturated rings. The van der Waals surface area contributed by atoms with Crippen LogP contribution in [0.1, 0.15) is 37.8 Å². The first-order chi connectivity index (χ1) is 9.24. The summed E-state index contributed by atoms with van der Waals surface area (Å²) in [5, 5.41) is 2.87. The average Bonchev–Trinajstić information content (AvgIpc) is 2.45. The van der Waals surface area contributed by atoms with Crippen LogP contribution in [0.4, 0.5) is 0 Å². The van der Waals surface area contributed by atoms with E-state index in [1.54, 1.807) is 0 Å². The van der Waals surface area contributed by atoms with E-state index in [4.69, 9.17) is 10.5 Å². The van der Waals surface area contributed by atoms with Crippen molar-refractivity contribution in [3.05, 3.63) is 35.9 Å². The highest BCUT2D eigenvalue weighted by Gasteiger charge is 2.08. The Bertz CT molecular complexity index is 354. The van der Waals surface area contributed by atoms with Crippen LogP contribution in [0.3, 0.4) is 0 Å². The summed E-state index contributed by atoms with van der Waals surface area (Å²) in [6.07, 6.45) is 1.98. The number of hydrogen-bond donors (Lipinski definition) is 2. The molecule has 0 saturated carbocycles. The first-order valence-corrected chi connectivity index (χ1v) is 6.89. The molecule has 1 aromatic carbocycles. The van der Waals surface area contributed by atoms with E-state index >= 15 is 0 Å². The lowest BCUT2D eigenvalue weighted by Gasteiger charge is -2.11. The highest BCUT2D eigenvalue weighted by atomic mass is 16.5. The second-order valence-corrected chi connectivity index (χ2v) is 4.46. The monoisotopic (exact) mass is 264 g/mol. The standard InChI is InChI=1S/C15H24N2O2/c1-2-19-12-6-11-17-15(18)10-9-14(16)13-7-4-3-5-8-13/h3-5,7-8,14H,2,6,9-12,16H2,1H3,(H,17,18). The number of carbonyl (C=O) groups excluding carboxylic acids is 1. The van der Waals surface area contributed by atoms with Crippen molar-refractivity contribution in [2.75, 3.05) is 19.8 Å². The third kappa shape index (κ3) is 6.94. The van der Waals surface area contributed by atoms with Gasteiger partial charge in [-0.1, -0.05) is 30.3 Å². The predicted molar refractivity (Wildman–Crippen MR) is 76.7 cm³/mol. The van der Waals surface area contributed by atoms with Crippen molar-refractivity contribution in [3.63, 3.8) is 0 Å². The number of nitrogens with one attached hydrogen (secondary N) is 1. The van der Waals surface area contributed by atoms with Crippen molar-refractivity contribution < 1.29 is 9.53 Å². The van der Waals surface area contributed by atoms with Gasteiger partial charge in [0, 0.05) is 32.2 Å². The van der Waals surface area contributed by atoms with E-state index in [-0.39, 0.29) is 11.9 Å². The fourth-order valence-electron chi connectivity index (χ4n) is 1.79. The topological polar surface area (TPSA) is 64.3 Å². The van der Waals surface area contributed by atoms with Gasteiger partial charge >= 0.3 is 0 Å². The summed E-state index contributed by atoms with van der Waals surface area (Å²) in [6.45, 7) is 4.04. The lowest BCUT2D eigenvalue weighted by atomic mass is 10.0. The lowest BCUT2D eigenvalue weighted by Crippen LogP contribution is -2.26. The van der Waals surface area contributed by atoms with Crippen molar-refractivity contribution in [3.8, 4) is 0 Å². The van der Waals surface area contributed by atoms with Crippen molar-refractivity contribution >= 4 is 5.91 Å². The molecule has 0 spiro atoms. The van der Waals surface area contributed by atoms with E-state index in [0.717, 1.165) is 18.6 Å². The number of ether oxygens (including phenoxy) is 1. The van der Waals surface area contributed by atoms with Crippen LogP contribution in [-0.4, -0.2) is 25.7 Å². The minimum Gasteiger partial charge on any atom is -0.382 e. The molecule has 0 bridgehead atoms. The maximum Gasteiger partial charge on any atom is 0.220 e. The molecule has 4 nitrogen and oxygen atoms in total. The first-order valence-electron chi connectivity index (χ1n) is 6.89. The van der Waals surface area contributed by atoms with Crippen LogP contribution < -0.4 is 11.1 Å². The molecule has 19 heavy (non-hydrogen) atoms. The summed E-state index contributed by atoms with van der Waals surface area (Å²) < 4.78 is 5.20. The molecule has 1 amide bonds. The van der Waals surface area contributed by atoms with Gasteiger partial charge in [-0.25, -0.2) is 0 Å². The Balaban J connectivity index is 2.13. The lowest BCUT2D eigenvalue weighted by molar-refractivity contribution is -0.121. The molecule has 3 N–H and O–H groups in total. The second kappa shape index (κ2) is 9.53. The van der Waals surface area contributed by atoms with E-state index in [9.17, 15) is 4.79 Å². The van der Waals surface area contributed by atoms with Crippen LogP contribution in [0.15, 0.2) is 30.3 Å². The molecule has 0 aliphatic heterocycles. The minimum absolute atomic E-state index is 0.0582. The molecule has 1 aromatic rings. The van der Waals surface area contributed by atoms with E-state index in [2.05, 4.69) is 5.32 Å². The first kappa shape index (κ1) is 15.7. The summed E-state index contributed by atoms with van der Waals surface area (Å²) in [6, 6.07) is 9.79. The minimum atomic E-state index is -0.0737. The number of rotatable bonds is 9. The van der Waals surface area contributed by atoms with Gasteiger partial charge in [0.05, 0.1) is 0 Å². The van der Waals surface area contributed by atoms with Crippen LogP contribution >= 0.6 is 0 Å². The second-order valence-electron chi connectivity index (χ2n) is 4.46. The van der Waals surface area contributed by atoms with E-state index in [1.807, 2.05) is 37.3 Å². The van der Waals surface area contributed by atoms with Gasteiger partial charge in [0.25, 0.3) is 0 Å². The molecule has 106 valence electrons. The summed E-state index contributed by atoms with van der Waals surface area (Å²) in [5.41, 5.74) is 7.11. The molecule has 1 atom stereocenters. The number of amides is 1. The van der Waals surface area contributed by atoms with Crippen molar-refractivity contribution in [1.29, 1.82) is 0 Å². The predicted octanol–water partition coefficient (Wildman–Crippen LogP) is 2.01. The maximum absolute atomic E-state index is 11.6. The zero-order valence-corrected chi connectivity index (χ0v) is 11.6. The summed E-state index contributed by atoms with van der Waals surface area (Å²) in [7, 11) is 0. The quantitative estimate of drug-likeness (QED) is 0.671. The molecule has 0 aliphatic carbocycles. The van der Waals surface area contributed by atoms with Crippen LogP contribution in [0.25, 0.3) is 0 Å². The zero-order chi connectivity index (χ0) is 13.9. The van der Waals surface area contributed by atoms with Gasteiger partial charge in [0.15, 0.2) is 0 Å². The summed E-state index contributed by atoms with van der Waals surface area (Å²) in [4.78, 5) is 11.6. The average molecular weight is 264 g/mol. The van der Waals surface area contributed by atoms with Crippen LogP contribution in [0.5, 0.6) is 0 Å². The molecule has 1 unspecified atom stereocenters. The van der Waals surface area contributed by atoms with Gasteiger partial charge in [-0.3, -0.25) is 4.79 Å². The fraction of sp³-hybridized carbons (Fsp3) is 0.533. The Morgan fingerprint density at radius 2 is 2.11 bits per heavy atom. The normalized spacial score (nSPS) is 12.1. The van der Waals surface area contributed by atoms with E-state index in [0.29, 0.717) is 26.0 Å². The zero-order valence-electron chi connectivity index (χ0n) is 11.6. The Kier molecular flexibility index (Phi) is 7.86.